The number of carbonyl (C=O) groups is 2. The first-order valence-electron chi connectivity index (χ1n) is 5.01. The molecular weight excluding hydrogens is 212 g/mol. The monoisotopic (exact) mass is 226 g/mol. The van der Waals surface area contributed by atoms with Gasteiger partial charge in [-0.15, -0.1) is 0 Å². The van der Waals surface area contributed by atoms with Crippen LogP contribution in [0.4, 0.5) is 0 Å². The second-order valence-corrected chi connectivity index (χ2v) is 5.35. The topological polar surface area (TPSA) is 63.4 Å². The van der Waals surface area contributed by atoms with Crippen molar-refractivity contribution < 1.29 is 9.59 Å². The summed E-state index contributed by atoms with van der Waals surface area (Å²) in [5, 5.41) is 0. The van der Waals surface area contributed by atoms with Gasteiger partial charge in [-0.3, -0.25) is 14.5 Å². The summed E-state index contributed by atoms with van der Waals surface area (Å²) in [6, 6.07) is 0. The lowest BCUT2D eigenvalue weighted by Gasteiger charge is -2.19. The number of nitrogens with zero attached hydrogens (tertiary/aromatic N) is 1. The van der Waals surface area contributed by atoms with E-state index >= 15 is 0 Å². The number of carbonyl (C=O) groups excluding carboxylic acids is 2. The van der Waals surface area contributed by atoms with Crippen LogP contribution >= 0.6 is 12.2 Å². The van der Waals surface area contributed by atoms with Gasteiger partial charge in [0.2, 0.25) is 11.8 Å². The van der Waals surface area contributed by atoms with Crippen molar-refractivity contribution >= 4 is 29.0 Å². The Labute approximate surface area is 93.8 Å². The van der Waals surface area contributed by atoms with Crippen LogP contribution in [0.5, 0.6) is 0 Å². The molecule has 1 aliphatic heterocycles. The minimum atomic E-state index is -0.131. The van der Waals surface area contributed by atoms with E-state index in [4.69, 9.17) is 18.0 Å². The van der Waals surface area contributed by atoms with Gasteiger partial charge in [0.25, 0.3) is 0 Å². The molecule has 0 aromatic heterocycles. The fraction of sp³-hybridized carbons (Fsp3) is 0.700. The fourth-order valence-corrected chi connectivity index (χ4v) is 2.54. The summed E-state index contributed by atoms with van der Waals surface area (Å²) in [6.45, 7) is 4.27. The molecule has 1 saturated heterocycles. The largest absolute Gasteiger partial charge is 0.393 e. The van der Waals surface area contributed by atoms with Gasteiger partial charge >= 0.3 is 0 Å². The Kier molecular flexibility index (Phi) is 2.12. The normalized spacial score (nSPS) is 31.7. The van der Waals surface area contributed by atoms with E-state index in [2.05, 4.69) is 0 Å². The molecule has 2 rings (SSSR count). The highest BCUT2D eigenvalue weighted by Crippen LogP contribution is 2.63. The van der Waals surface area contributed by atoms with Crippen LogP contribution in [-0.2, 0) is 9.59 Å². The van der Waals surface area contributed by atoms with E-state index in [0.29, 0.717) is 18.0 Å². The number of rotatable bonds is 3. The molecule has 1 aliphatic carbocycles. The van der Waals surface area contributed by atoms with E-state index in [1.165, 1.54) is 4.90 Å². The van der Waals surface area contributed by atoms with Crippen LogP contribution in [0.2, 0.25) is 0 Å². The molecule has 2 amide bonds. The highest BCUT2D eigenvalue weighted by atomic mass is 32.1. The third-order valence-electron chi connectivity index (χ3n) is 3.47. The van der Waals surface area contributed by atoms with Crippen molar-refractivity contribution in [1.82, 2.24) is 4.90 Å². The van der Waals surface area contributed by atoms with Crippen molar-refractivity contribution in [3.8, 4) is 0 Å². The summed E-state index contributed by atoms with van der Waals surface area (Å²) in [5.41, 5.74) is 5.21. The SMILES string of the molecule is CC1(C)C2C(=O)N(CCC(N)=S)C(=O)C21. The van der Waals surface area contributed by atoms with E-state index in [9.17, 15) is 9.59 Å². The second kappa shape index (κ2) is 3.01. The highest BCUT2D eigenvalue weighted by Gasteiger charge is 2.72. The van der Waals surface area contributed by atoms with Gasteiger partial charge in [-0.2, -0.15) is 0 Å². The predicted octanol–water partition coefficient (Wildman–Crippen LogP) is 0.304. The van der Waals surface area contributed by atoms with Crippen LogP contribution in [0, 0.1) is 17.3 Å². The molecule has 2 fully saturated rings. The maximum Gasteiger partial charge on any atom is 0.233 e. The molecule has 4 nitrogen and oxygen atoms in total. The molecule has 15 heavy (non-hydrogen) atoms. The van der Waals surface area contributed by atoms with Crippen molar-refractivity contribution in [3.63, 3.8) is 0 Å². The Morgan fingerprint density at radius 3 is 2.27 bits per heavy atom. The van der Waals surface area contributed by atoms with Crippen LogP contribution in [0.15, 0.2) is 0 Å². The average molecular weight is 226 g/mol. The van der Waals surface area contributed by atoms with Gasteiger partial charge in [-0.05, 0) is 5.41 Å². The van der Waals surface area contributed by atoms with Crippen molar-refractivity contribution in [2.75, 3.05) is 6.54 Å². The molecule has 2 atom stereocenters. The maximum atomic E-state index is 11.8. The van der Waals surface area contributed by atoms with Gasteiger partial charge in [0.1, 0.15) is 0 Å². The number of imide groups is 1. The van der Waals surface area contributed by atoms with Gasteiger partial charge in [-0.25, -0.2) is 0 Å². The van der Waals surface area contributed by atoms with Gasteiger partial charge in [0.15, 0.2) is 0 Å². The van der Waals surface area contributed by atoms with Crippen molar-refractivity contribution in [3.05, 3.63) is 0 Å². The first-order chi connectivity index (χ1) is 6.87. The Bertz CT molecular complexity index is 340. The number of fused-ring (bicyclic) bond motifs is 1. The zero-order chi connectivity index (χ0) is 11.4. The molecule has 1 heterocycles. The number of nitrogens with two attached hydrogens (primary N) is 1. The van der Waals surface area contributed by atoms with E-state index in [0.717, 1.165) is 0 Å². The molecule has 5 heteroatoms. The third kappa shape index (κ3) is 1.37. The lowest BCUT2D eigenvalue weighted by atomic mass is 10.1. The molecule has 0 spiro atoms. The van der Waals surface area contributed by atoms with Gasteiger partial charge in [-0.1, -0.05) is 26.1 Å². The smallest absolute Gasteiger partial charge is 0.233 e. The molecule has 2 aliphatic rings. The van der Waals surface area contributed by atoms with E-state index < -0.39 is 0 Å². The number of thiocarbonyl (C=S) groups is 1. The molecule has 2 N–H and O–H groups in total. The zero-order valence-corrected chi connectivity index (χ0v) is 9.63. The Morgan fingerprint density at radius 1 is 1.40 bits per heavy atom. The zero-order valence-electron chi connectivity index (χ0n) is 8.82. The summed E-state index contributed by atoms with van der Waals surface area (Å²) in [7, 11) is 0. The van der Waals surface area contributed by atoms with Crippen molar-refractivity contribution in [2.24, 2.45) is 23.0 Å². The fourth-order valence-electron chi connectivity index (χ4n) is 2.45. The maximum absolute atomic E-state index is 11.8. The average Bonchev–Trinajstić information content (AvgIpc) is 2.56. The molecule has 0 aromatic carbocycles. The number of piperidine rings is 1. The molecule has 2 unspecified atom stereocenters. The van der Waals surface area contributed by atoms with Gasteiger partial charge in [0, 0.05) is 13.0 Å². The minimum absolute atomic E-state index is 0.0498. The highest BCUT2D eigenvalue weighted by molar-refractivity contribution is 7.80. The number of likely N-dealkylation sites (tertiary alicyclic amines) is 1. The lowest BCUT2D eigenvalue weighted by Crippen LogP contribution is -2.38. The van der Waals surface area contributed by atoms with Crippen molar-refractivity contribution in [1.29, 1.82) is 0 Å². The number of hydrogen-bond acceptors (Lipinski definition) is 3. The molecule has 1 saturated carbocycles. The van der Waals surface area contributed by atoms with E-state index in [1.807, 2.05) is 13.8 Å². The molecule has 82 valence electrons. The first kappa shape index (κ1) is 10.5. The molecule has 0 radical (unpaired) electrons. The lowest BCUT2D eigenvalue weighted by molar-refractivity contribution is -0.142. The standard InChI is InChI=1S/C10H14N2O2S/c1-10(2)6-7(10)9(14)12(8(6)13)4-3-5(11)15/h6-7H,3-4H2,1-2H3,(H2,11,15). The van der Waals surface area contributed by atoms with E-state index in [1.54, 1.807) is 0 Å². The molecule has 0 aromatic rings. The van der Waals surface area contributed by atoms with Crippen LogP contribution < -0.4 is 5.73 Å². The van der Waals surface area contributed by atoms with Gasteiger partial charge in [0.05, 0.1) is 16.8 Å². The second-order valence-electron chi connectivity index (χ2n) is 4.82. The Balaban J connectivity index is 2.04. The van der Waals surface area contributed by atoms with E-state index in [-0.39, 0.29) is 29.1 Å². The van der Waals surface area contributed by atoms with Crippen molar-refractivity contribution in [2.45, 2.75) is 20.3 Å². The summed E-state index contributed by atoms with van der Waals surface area (Å²) in [6.07, 6.45) is 0.423. The Hall–Kier alpha value is -0.970. The predicted molar refractivity (Wildman–Crippen MR) is 58.9 cm³/mol. The van der Waals surface area contributed by atoms with Crippen LogP contribution in [0.1, 0.15) is 20.3 Å². The van der Waals surface area contributed by atoms with Crippen LogP contribution in [-0.4, -0.2) is 28.2 Å². The number of hydrogen-bond donors (Lipinski definition) is 1. The van der Waals surface area contributed by atoms with Gasteiger partial charge < -0.3 is 5.73 Å². The summed E-state index contributed by atoms with van der Waals surface area (Å²) >= 11 is 4.72. The van der Waals surface area contributed by atoms with Crippen LogP contribution in [0.25, 0.3) is 0 Å². The molecular formula is C10H14N2O2S. The minimum Gasteiger partial charge on any atom is -0.393 e. The molecule has 0 bridgehead atoms. The quantitative estimate of drug-likeness (QED) is 0.555. The summed E-state index contributed by atoms with van der Waals surface area (Å²) < 4.78 is 0. The Morgan fingerprint density at radius 2 is 1.87 bits per heavy atom. The first-order valence-corrected chi connectivity index (χ1v) is 5.41. The number of amides is 2. The summed E-state index contributed by atoms with van der Waals surface area (Å²) in [4.78, 5) is 25.3. The summed E-state index contributed by atoms with van der Waals surface area (Å²) in [5.74, 6) is -0.301. The van der Waals surface area contributed by atoms with Crippen LogP contribution in [0.3, 0.4) is 0 Å². The third-order valence-corrected chi connectivity index (χ3v) is 3.68.